The maximum atomic E-state index is 12.9. The van der Waals surface area contributed by atoms with Crippen LogP contribution in [0.25, 0.3) is 0 Å². The monoisotopic (exact) mass is 432 g/mol. The zero-order valence-electron chi connectivity index (χ0n) is 16.4. The number of nitrogens with zero attached hydrogens (tertiary/aromatic N) is 4. The molecule has 2 fully saturated rings. The average molecular weight is 433 g/mol. The summed E-state index contributed by atoms with van der Waals surface area (Å²) in [6, 6.07) is 0.444. The van der Waals surface area contributed by atoms with Gasteiger partial charge in [0, 0.05) is 44.8 Å². The molecule has 2 aliphatic heterocycles. The van der Waals surface area contributed by atoms with Crippen LogP contribution in [0.15, 0.2) is 12.3 Å². The van der Waals surface area contributed by atoms with Crippen molar-refractivity contribution in [1.82, 2.24) is 14.8 Å². The molecule has 1 aromatic heterocycles. The van der Waals surface area contributed by atoms with E-state index in [4.69, 9.17) is 11.6 Å². The molecule has 3 rings (SSSR count). The number of amides is 2. The van der Waals surface area contributed by atoms with E-state index in [1.54, 1.807) is 14.7 Å². The van der Waals surface area contributed by atoms with Crippen LogP contribution in [0.5, 0.6) is 0 Å². The Kier molecular flexibility index (Phi) is 6.26. The van der Waals surface area contributed by atoms with Crippen molar-refractivity contribution in [3.8, 4) is 0 Å². The zero-order chi connectivity index (χ0) is 21.3. The first-order chi connectivity index (χ1) is 13.6. The Labute approximate surface area is 172 Å². The van der Waals surface area contributed by atoms with Crippen molar-refractivity contribution in [3.05, 3.63) is 22.8 Å². The summed E-state index contributed by atoms with van der Waals surface area (Å²) in [7, 11) is 0. The smallest absolute Gasteiger partial charge is 0.352 e. The predicted molar refractivity (Wildman–Crippen MR) is 103 cm³/mol. The molecule has 160 valence electrons. The second-order valence-corrected chi connectivity index (χ2v) is 8.09. The number of hydrogen-bond donors (Lipinski definition) is 0. The Morgan fingerprint density at radius 1 is 1.17 bits per heavy atom. The second kappa shape index (κ2) is 8.38. The fourth-order valence-corrected chi connectivity index (χ4v) is 4.07. The van der Waals surface area contributed by atoms with E-state index in [2.05, 4.69) is 4.98 Å². The van der Waals surface area contributed by atoms with Crippen LogP contribution in [-0.4, -0.2) is 65.4 Å². The first kappa shape index (κ1) is 21.7. The van der Waals surface area contributed by atoms with Gasteiger partial charge in [-0.2, -0.15) is 13.2 Å². The highest BCUT2D eigenvalue weighted by Crippen LogP contribution is 2.34. The van der Waals surface area contributed by atoms with E-state index in [0.29, 0.717) is 39.1 Å². The minimum absolute atomic E-state index is 0.0137. The molecule has 0 bridgehead atoms. The fraction of sp³-hybridized carbons (Fsp3) is 0.632. The standard InChI is InChI=1S/C19H24ClF3N4O2/c1-12(2)17(28)27-5-3-4-15(27)18(29)26-8-6-25(7-9-26)16-14(20)10-13(11-24-16)19(21,22)23/h10-12,15H,3-9H2,1-2H3. The molecular formula is C19H24ClF3N4O2. The molecule has 0 radical (unpaired) electrons. The summed E-state index contributed by atoms with van der Waals surface area (Å²) in [6.07, 6.45) is -2.27. The van der Waals surface area contributed by atoms with E-state index in [9.17, 15) is 22.8 Å². The van der Waals surface area contributed by atoms with Crippen LogP contribution in [0.2, 0.25) is 5.02 Å². The van der Waals surface area contributed by atoms with Gasteiger partial charge in [0.2, 0.25) is 11.8 Å². The van der Waals surface area contributed by atoms with E-state index in [1.165, 1.54) is 0 Å². The lowest BCUT2D eigenvalue weighted by Gasteiger charge is -2.38. The van der Waals surface area contributed by atoms with Crippen molar-refractivity contribution in [2.75, 3.05) is 37.6 Å². The van der Waals surface area contributed by atoms with Gasteiger partial charge in [-0.3, -0.25) is 9.59 Å². The quantitative estimate of drug-likeness (QED) is 0.736. The summed E-state index contributed by atoms with van der Waals surface area (Å²) in [5.74, 6) is 0.0419. The van der Waals surface area contributed by atoms with E-state index >= 15 is 0 Å². The summed E-state index contributed by atoms with van der Waals surface area (Å²) in [5.41, 5.74) is -0.892. The summed E-state index contributed by atoms with van der Waals surface area (Å²) < 4.78 is 38.4. The van der Waals surface area contributed by atoms with Crippen molar-refractivity contribution in [1.29, 1.82) is 0 Å². The number of piperazine rings is 1. The molecule has 3 heterocycles. The third-order valence-corrected chi connectivity index (χ3v) is 5.63. The Morgan fingerprint density at radius 3 is 2.38 bits per heavy atom. The van der Waals surface area contributed by atoms with Crippen molar-refractivity contribution in [2.45, 2.75) is 38.9 Å². The van der Waals surface area contributed by atoms with Gasteiger partial charge in [0.25, 0.3) is 0 Å². The number of likely N-dealkylation sites (tertiary alicyclic amines) is 1. The van der Waals surface area contributed by atoms with Crippen molar-refractivity contribution < 1.29 is 22.8 Å². The van der Waals surface area contributed by atoms with Crippen LogP contribution in [0.1, 0.15) is 32.3 Å². The van der Waals surface area contributed by atoms with Gasteiger partial charge in [-0.05, 0) is 18.9 Å². The lowest BCUT2D eigenvalue weighted by molar-refractivity contribution is -0.145. The molecule has 0 N–H and O–H groups in total. The highest BCUT2D eigenvalue weighted by Gasteiger charge is 2.38. The van der Waals surface area contributed by atoms with Crippen LogP contribution < -0.4 is 4.90 Å². The van der Waals surface area contributed by atoms with Crippen molar-refractivity contribution in [2.24, 2.45) is 5.92 Å². The number of alkyl halides is 3. The van der Waals surface area contributed by atoms with Gasteiger partial charge in [-0.15, -0.1) is 0 Å². The molecule has 0 spiro atoms. The molecule has 2 saturated heterocycles. The lowest BCUT2D eigenvalue weighted by Crippen LogP contribution is -2.55. The van der Waals surface area contributed by atoms with Gasteiger partial charge < -0.3 is 14.7 Å². The largest absolute Gasteiger partial charge is 0.417 e. The molecule has 0 saturated carbocycles. The minimum Gasteiger partial charge on any atom is -0.352 e. The van der Waals surface area contributed by atoms with E-state index in [0.717, 1.165) is 18.7 Å². The van der Waals surface area contributed by atoms with Gasteiger partial charge in [0.05, 0.1) is 10.6 Å². The Balaban J connectivity index is 1.63. The molecule has 0 aromatic carbocycles. The third kappa shape index (κ3) is 4.60. The number of carbonyl (C=O) groups is 2. The summed E-state index contributed by atoms with van der Waals surface area (Å²) in [6.45, 7) is 5.86. The molecule has 29 heavy (non-hydrogen) atoms. The SMILES string of the molecule is CC(C)C(=O)N1CCCC1C(=O)N1CCN(c2ncc(C(F)(F)F)cc2Cl)CC1. The van der Waals surface area contributed by atoms with Crippen LogP contribution in [-0.2, 0) is 15.8 Å². The molecule has 1 aromatic rings. The highest BCUT2D eigenvalue weighted by atomic mass is 35.5. The Bertz CT molecular complexity index is 779. The summed E-state index contributed by atoms with van der Waals surface area (Å²) >= 11 is 6.03. The first-order valence-electron chi connectivity index (χ1n) is 9.66. The maximum absolute atomic E-state index is 12.9. The Morgan fingerprint density at radius 2 is 1.83 bits per heavy atom. The molecule has 2 aliphatic rings. The molecule has 10 heteroatoms. The first-order valence-corrected chi connectivity index (χ1v) is 10.0. The van der Waals surface area contributed by atoms with Gasteiger partial charge in [-0.1, -0.05) is 25.4 Å². The average Bonchev–Trinajstić information content (AvgIpc) is 3.15. The van der Waals surface area contributed by atoms with E-state index < -0.39 is 17.8 Å². The molecular weight excluding hydrogens is 409 g/mol. The second-order valence-electron chi connectivity index (χ2n) is 7.68. The minimum atomic E-state index is -4.50. The number of hydrogen-bond acceptors (Lipinski definition) is 4. The number of halogens is 4. The molecule has 6 nitrogen and oxygen atoms in total. The van der Waals surface area contributed by atoms with E-state index in [-0.39, 0.29) is 28.6 Å². The summed E-state index contributed by atoms with van der Waals surface area (Å²) in [4.78, 5) is 34.4. The maximum Gasteiger partial charge on any atom is 0.417 e. The zero-order valence-corrected chi connectivity index (χ0v) is 17.1. The number of aromatic nitrogens is 1. The van der Waals surface area contributed by atoms with Gasteiger partial charge >= 0.3 is 6.18 Å². The lowest BCUT2D eigenvalue weighted by atomic mass is 10.1. The molecule has 2 amide bonds. The topological polar surface area (TPSA) is 56.8 Å². The number of pyridine rings is 1. The fourth-order valence-electron chi connectivity index (χ4n) is 3.79. The highest BCUT2D eigenvalue weighted by molar-refractivity contribution is 6.33. The molecule has 1 atom stereocenters. The molecule has 0 aliphatic carbocycles. The normalized spacial score (nSPS) is 20.5. The van der Waals surface area contributed by atoms with Crippen LogP contribution in [0.4, 0.5) is 19.0 Å². The van der Waals surface area contributed by atoms with E-state index in [1.807, 2.05) is 13.8 Å². The van der Waals surface area contributed by atoms with Gasteiger partial charge in [0.1, 0.15) is 11.9 Å². The Hall–Kier alpha value is -2.03. The van der Waals surface area contributed by atoms with Crippen LogP contribution in [0, 0.1) is 5.92 Å². The van der Waals surface area contributed by atoms with Crippen LogP contribution >= 0.6 is 11.6 Å². The van der Waals surface area contributed by atoms with Gasteiger partial charge in [0.15, 0.2) is 0 Å². The van der Waals surface area contributed by atoms with Crippen LogP contribution in [0.3, 0.4) is 0 Å². The van der Waals surface area contributed by atoms with Crippen molar-refractivity contribution in [3.63, 3.8) is 0 Å². The van der Waals surface area contributed by atoms with Gasteiger partial charge in [-0.25, -0.2) is 4.98 Å². The predicted octanol–water partition coefficient (Wildman–Crippen LogP) is 3.05. The number of carbonyl (C=O) groups excluding carboxylic acids is 2. The molecule has 1 unspecified atom stereocenters. The third-order valence-electron chi connectivity index (χ3n) is 5.35. The summed E-state index contributed by atoms with van der Waals surface area (Å²) in [5, 5.41) is -0.0656. The number of anilines is 1. The van der Waals surface area contributed by atoms with Crippen molar-refractivity contribution >= 4 is 29.2 Å². The number of rotatable bonds is 3.